The molecule has 0 aliphatic carbocycles. The number of rotatable bonds is 6. The average molecular weight is 395 g/mol. The number of nitrogens with zero attached hydrogens (tertiary/aromatic N) is 2. The topological polar surface area (TPSA) is 109 Å². The highest BCUT2D eigenvalue weighted by molar-refractivity contribution is 5.94. The standard InChI is InChI=1S/C21H25N5O3/c1-12-16(21(29)24-19-18(12)13(2)25-26(19)4)9-10-17(27)23-11-14-5-7-15(8-6-14)20(28)22-3/h5-8H,9-11H2,1-4H3,(H,22,28)(H,23,27)(H,24,29). The third-order valence-corrected chi connectivity index (χ3v) is 5.09. The summed E-state index contributed by atoms with van der Waals surface area (Å²) < 4.78 is 1.66. The lowest BCUT2D eigenvalue weighted by atomic mass is 10.0. The number of pyridine rings is 1. The first-order chi connectivity index (χ1) is 13.8. The van der Waals surface area contributed by atoms with Gasteiger partial charge in [0.15, 0.2) is 0 Å². The molecule has 0 unspecified atom stereocenters. The van der Waals surface area contributed by atoms with Crippen LogP contribution >= 0.6 is 0 Å². The van der Waals surface area contributed by atoms with Crippen molar-refractivity contribution in [3.8, 4) is 0 Å². The number of hydrogen-bond acceptors (Lipinski definition) is 4. The molecule has 0 aliphatic rings. The zero-order chi connectivity index (χ0) is 21.1. The lowest BCUT2D eigenvalue weighted by Crippen LogP contribution is -2.25. The average Bonchev–Trinajstić information content (AvgIpc) is 2.99. The van der Waals surface area contributed by atoms with Crippen molar-refractivity contribution in [2.24, 2.45) is 7.05 Å². The number of carbonyl (C=O) groups is 2. The van der Waals surface area contributed by atoms with Gasteiger partial charge in [0.05, 0.1) is 5.69 Å². The minimum Gasteiger partial charge on any atom is -0.355 e. The zero-order valence-electron chi connectivity index (χ0n) is 17.0. The summed E-state index contributed by atoms with van der Waals surface area (Å²) in [5, 5.41) is 10.7. The van der Waals surface area contributed by atoms with Gasteiger partial charge in [-0.1, -0.05) is 12.1 Å². The van der Waals surface area contributed by atoms with Crippen molar-refractivity contribution >= 4 is 22.8 Å². The van der Waals surface area contributed by atoms with E-state index in [9.17, 15) is 14.4 Å². The summed E-state index contributed by atoms with van der Waals surface area (Å²) in [5.74, 6) is -0.288. The second kappa shape index (κ2) is 8.30. The minimum absolute atomic E-state index is 0.137. The zero-order valence-corrected chi connectivity index (χ0v) is 17.0. The lowest BCUT2D eigenvalue weighted by Gasteiger charge is -2.09. The largest absolute Gasteiger partial charge is 0.355 e. The second-order valence-electron chi connectivity index (χ2n) is 7.04. The second-order valence-corrected chi connectivity index (χ2v) is 7.04. The summed E-state index contributed by atoms with van der Waals surface area (Å²) in [6.45, 7) is 4.16. The molecule has 152 valence electrons. The Morgan fingerprint density at radius 3 is 2.52 bits per heavy atom. The SMILES string of the molecule is CNC(=O)c1ccc(CNC(=O)CCc2c(C)c3c(C)nn(C)c3[nH]c2=O)cc1. The van der Waals surface area contributed by atoms with Crippen molar-refractivity contribution < 1.29 is 9.59 Å². The molecule has 8 heteroatoms. The van der Waals surface area contributed by atoms with E-state index in [1.165, 1.54) is 0 Å². The molecule has 0 atom stereocenters. The molecule has 3 N–H and O–H groups in total. The number of carbonyl (C=O) groups excluding carboxylic acids is 2. The summed E-state index contributed by atoms with van der Waals surface area (Å²) >= 11 is 0. The fourth-order valence-corrected chi connectivity index (χ4v) is 3.50. The molecule has 0 fully saturated rings. The highest BCUT2D eigenvalue weighted by Gasteiger charge is 2.15. The number of aromatic amines is 1. The maximum absolute atomic E-state index is 12.5. The first kappa shape index (κ1) is 20.3. The fourth-order valence-electron chi connectivity index (χ4n) is 3.50. The molecular formula is C21H25N5O3. The highest BCUT2D eigenvalue weighted by Crippen LogP contribution is 2.21. The van der Waals surface area contributed by atoms with E-state index in [1.54, 1.807) is 43.0 Å². The van der Waals surface area contributed by atoms with Crippen LogP contribution in [0.1, 0.15) is 39.2 Å². The molecule has 2 heterocycles. The van der Waals surface area contributed by atoms with Crippen molar-refractivity contribution in [2.75, 3.05) is 7.05 Å². The molecule has 0 bridgehead atoms. The number of fused-ring (bicyclic) bond motifs is 1. The van der Waals surface area contributed by atoms with Gasteiger partial charge in [-0.2, -0.15) is 5.10 Å². The third-order valence-electron chi connectivity index (χ3n) is 5.09. The van der Waals surface area contributed by atoms with Crippen molar-refractivity contribution in [1.29, 1.82) is 0 Å². The number of amides is 2. The first-order valence-electron chi connectivity index (χ1n) is 9.44. The summed E-state index contributed by atoms with van der Waals surface area (Å²) in [4.78, 5) is 39.1. The Kier molecular flexibility index (Phi) is 5.81. The van der Waals surface area contributed by atoms with Crippen LogP contribution in [-0.4, -0.2) is 33.6 Å². The normalized spacial score (nSPS) is 10.9. The summed E-state index contributed by atoms with van der Waals surface area (Å²) in [5.41, 5.74) is 4.30. The summed E-state index contributed by atoms with van der Waals surface area (Å²) in [6.07, 6.45) is 0.567. The molecule has 3 rings (SSSR count). The van der Waals surface area contributed by atoms with Crippen molar-refractivity contribution in [3.05, 3.63) is 62.6 Å². The van der Waals surface area contributed by atoms with Gasteiger partial charge in [0.2, 0.25) is 5.91 Å². The molecule has 0 aliphatic heterocycles. The number of aromatic nitrogens is 3. The number of aryl methyl sites for hydroxylation is 3. The molecule has 0 spiro atoms. The van der Waals surface area contributed by atoms with Gasteiger partial charge in [-0.3, -0.25) is 19.1 Å². The van der Waals surface area contributed by atoms with Crippen molar-refractivity contribution in [1.82, 2.24) is 25.4 Å². The fraction of sp³-hybridized carbons (Fsp3) is 0.333. The highest BCUT2D eigenvalue weighted by atomic mass is 16.2. The number of benzene rings is 1. The van der Waals surface area contributed by atoms with E-state index in [4.69, 9.17) is 0 Å². The maximum Gasteiger partial charge on any atom is 0.253 e. The Bertz CT molecular complexity index is 1130. The molecule has 1 aromatic carbocycles. The predicted molar refractivity (Wildman–Crippen MR) is 111 cm³/mol. The Labute approximate surface area is 168 Å². The van der Waals surface area contributed by atoms with Gasteiger partial charge in [0.1, 0.15) is 5.65 Å². The molecular weight excluding hydrogens is 370 g/mol. The van der Waals surface area contributed by atoms with E-state index in [0.717, 1.165) is 22.2 Å². The van der Waals surface area contributed by atoms with Gasteiger partial charge >= 0.3 is 0 Å². The third kappa shape index (κ3) is 4.21. The van der Waals surface area contributed by atoms with Crippen LogP contribution in [-0.2, 0) is 24.8 Å². The van der Waals surface area contributed by atoms with Crippen LogP contribution in [0.4, 0.5) is 0 Å². The Morgan fingerprint density at radius 1 is 1.17 bits per heavy atom. The van der Waals surface area contributed by atoms with Crippen molar-refractivity contribution in [2.45, 2.75) is 33.2 Å². The van der Waals surface area contributed by atoms with Crippen LogP contribution < -0.4 is 16.2 Å². The Morgan fingerprint density at radius 2 is 1.86 bits per heavy atom. The van der Waals surface area contributed by atoms with E-state index in [0.29, 0.717) is 29.7 Å². The van der Waals surface area contributed by atoms with E-state index in [1.807, 2.05) is 13.8 Å². The Hall–Kier alpha value is -3.42. The summed E-state index contributed by atoms with van der Waals surface area (Å²) in [7, 11) is 3.37. The smallest absolute Gasteiger partial charge is 0.253 e. The maximum atomic E-state index is 12.5. The van der Waals surface area contributed by atoms with Gasteiger partial charge in [-0.05, 0) is 43.5 Å². The van der Waals surface area contributed by atoms with Gasteiger partial charge in [-0.25, -0.2) is 0 Å². The monoisotopic (exact) mass is 395 g/mol. The van der Waals surface area contributed by atoms with E-state index in [2.05, 4.69) is 20.7 Å². The molecule has 0 radical (unpaired) electrons. The van der Waals surface area contributed by atoms with Crippen LogP contribution in [0.25, 0.3) is 11.0 Å². The van der Waals surface area contributed by atoms with Crippen LogP contribution in [0.15, 0.2) is 29.1 Å². The van der Waals surface area contributed by atoms with Gasteiger partial charge in [0.25, 0.3) is 11.5 Å². The van der Waals surface area contributed by atoms with Gasteiger partial charge < -0.3 is 15.6 Å². The molecule has 3 aromatic rings. The van der Waals surface area contributed by atoms with Crippen LogP contribution in [0.2, 0.25) is 0 Å². The molecule has 8 nitrogen and oxygen atoms in total. The molecule has 29 heavy (non-hydrogen) atoms. The Balaban J connectivity index is 1.63. The molecule has 2 amide bonds. The van der Waals surface area contributed by atoms with Crippen molar-refractivity contribution in [3.63, 3.8) is 0 Å². The molecule has 0 saturated heterocycles. The van der Waals surface area contributed by atoms with Crippen LogP contribution in [0.5, 0.6) is 0 Å². The lowest BCUT2D eigenvalue weighted by molar-refractivity contribution is -0.121. The van der Waals surface area contributed by atoms with Gasteiger partial charge in [-0.15, -0.1) is 0 Å². The van der Waals surface area contributed by atoms with E-state index >= 15 is 0 Å². The first-order valence-corrected chi connectivity index (χ1v) is 9.44. The number of hydrogen-bond donors (Lipinski definition) is 3. The molecule has 2 aromatic heterocycles. The quantitative estimate of drug-likeness (QED) is 0.587. The van der Waals surface area contributed by atoms with Crippen LogP contribution in [0.3, 0.4) is 0 Å². The number of H-pyrrole nitrogens is 1. The van der Waals surface area contributed by atoms with E-state index < -0.39 is 0 Å². The van der Waals surface area contributed by atoms with Crippen LogP contribution in [0, 0.1) is 13.8 Å². The molecule has 0 saturated carbocycles. The van der Waals surface area contributed by atoms with E-state index in [-0.39, 0.29) is 23.8 Å². The number of nitrogens with one attached hydrogen (secondary N) is 3. The summed E-state index contributed by atoms with van der Waals surface area (Å²) in [6, 6.07) is 7.04. The predicted octanol–water partition coefficient (Wildman–Crippen LogP) is 1.49. The minimum atomic E-state index is -0.185. The van der Waals surface area contributed by atoms with Gasteiger partial charge in [0, 0.05) is 43.6 Å².